The Bertz CT molecular complexity index is 588. The van der Waals surface area contributed by atoms with E-state index >= 15 is 0 Å². The number of halogens is 2. The maximum absolute atomic E-state index is 13.5. The first-order valence-electron chi connectivity index (χ1n) is 5.71. The summed E-state index contributed by atoms with van der Waals surface area (Å²) in [5.41, 5.74) is 7.33. The van der Waals surface area contributed by atoms with Gasteiger partial charge >= 0.3 is 0 Å². The van der Waals surface area contributed by atoms with Gasteiger partial charge in [-0.05, 0) is 35.9 Å². The van der Waals surface area contributed by atoms with E-state index in [4.69, 9.17) is 10.5 Å². The van der Waals surface area contributed by atoms with Crippen molar-refractivity contribution >= 4 is 11.4 Å². The molecule has 0 atom stereocenters. The van der Waals surface area contributed by atoms with Crippen LogP contribution in [0.3, 0.4) is 0 Å². The summed E-state index contributed by atoms with van der Waals surface area (Å²) in [6.07, 6.45) is 0. The van der Waals surface area contributed by atoms with Gasteiger partial charge in [0.2, 0.25) is 0 Å². The van der Waals surface area contributed by atoms with Gasteiger partial charge in [-0.1, -0.05) is 6.07 Å². The van der Waals surface area contributed by atoms with Crippen molar-refractivity contribution in [3.63, 3.8) is 0 Å². The normalized spacial score (nSPS) is 10.3. The summed E-state index contributed by atoms with van der Waals surface area (Å²) in [6.45, 7) is 0.386. The molecule has 3 N–H and O–H groups in total. The Balaban J connectivity index is 2.08. The Morgan fingerprint density at radius 3 is 2.58 bits per heavy atom. The highest BCUT2D eigenvalue weighted by Gasteiger charge is 2.04. The van der Waals surface area contributed by atoms with Gasteiger partial charge < -0.3 is 15.8 Å². The predicted octanol–water partition coefficient (Wildman–Crippen LogP) is 3.17. The molecule has 0 saturated heterocycles. The first-order valence-corrected chi connectivity index (χ1v) is 5.71. The molecule has 0 radical (unpaired) electrons. The number of hydrogen-bond acceptors (Lipinski definition) is 3. The van der Waals surface area contributed by atoms with E-state index in [-0.39, 0.29) is 5.75 Å². The average Bonchev–Trinajstić information content (AvgIpc) is 2.38. The van der Waals surface area contributed by atoms with E-state index in [0.29, 0.717) is 17.9 Å². The quantitative estimate of drug-likeness (QED) is 0.834. The Kier molecular flexibility index (Phi) is 3.85. The molecule has 2 aromatic carbocycles. The molecule has 0 spiro atoms. The molecule has 2 aromatic rings. The lowest BCUT2D eigenvalue weighted by Crippen LogP contribution is -2.03. The number of nitrogens with two attached hydrogens (primary N) is 1. The zero-order valence-electron chi connectivity index (χ0n) is 10.4. The lowest BCUT2D eigenvalue weighted by Gasteiger charge is -2.10. The molecule has 0 aromatic heterocycles. The van der Waals surface area contributed by atoms with Gasteiger partial charge in [-0.15, -0.1) is 0 Å². The number of ether oxygens (including phenoxy) is 1. The molecule has 2 rings (SSSR count). The fourth-order valence-corrected chi connectivity index (χ4v) is 1.71. The zero-order chi connectivity index (χ0) is 13.8. The zero-order valence-corrected chi connectivity index (χ0v) is 10.4. The molecule has 19 heavy (non-hydrogen) atoms. The number of anilines is 2. The molecule has 0 amide bonds. The third-order valence-corrected chi connectivity index (χ3v) is 2.71. The summed E-state index contributed by atoms with van der Waals surface area (Å²) in [5.74, 6) is -0.613. The minimum atomic E-state index is -0.422. The second-order valence-electron chi connectivity index (χ2n) is 4.05. The van der Waals surface area contributed by atoms with E-state index in [1.54, 1.807) is 18.2 Å². The van der Waals surface area contributed by atoms with Crippen molar-refractivity contribution < 1.29 is 13.5 Å². The van der Waals surface area contributed by atoms with Crippen molar-refractivity contribution in [2.75, 3.05) is 18.2 Å². The molecule has 0 aliphatic carbocycles. The average molecular weight is 264 g/mol. The molecule has 5 heteroatoms. The number of hydrogen-bond donors (Lipinski definition) is 2. The molecule has 0 bridgehead atoms. The van der Waals surface area contributed by atoms with E-state index in [0.717, 1.165) is 5.56 Å². The molecular formula is C14H14F2N2O. The summed E-state index contributed by atoms with van der Waals surface area (Å²) >= 11 is 0. The van der Waals surface area contributed by atoms with Crippen LogP contribution in [0.15, 0.2) is 36.4 Å². The van der Waals surface area contributed by atoms with Crippen LogP contribution in [0.4, 0.5) is 20.2 Å². The van der Waals surface area contributed by atoms with Crippen molar-refractivity contribution in [3.8, 4) is 5.75 Å². The number of nitrogens with one attached hydrogen (secondary N) is 1. The highest BCUT2D eigenvalue weighted by molar-refractivity contribution is 5.65. The van der Waals surface area contributed by atoms with Crippen molar-refractivity contribution in [2.45, 2.75) is 6.54 Å². The molecule has 0 unspecified atom stereocenters. The highest BCUT2D eigenvalue weighted by atomic mass is 19.1. The van der Waals surface area contributed by atoms with Crippen molar-refractivity contribution in [1.82, 2.24) is 0 Å². The van der Waals surface area contributed by atoms with E-state index < -0.39 is 11.6 Å². The van der Waals surface area contributed by atoms with Gasteiger partial charge in [0.05, 0.1) is 18.5 Å². The largest absolute Gasteiger partial charge is 0.494 e. The van der Waals surface area contributed by atoms with Crippen LogP contribution in [-0.2, 0) is 6.54 Å². The fourth-order valence-electron chi connectivity index (χ4n) is 1.71. The topological polar surface area (TPSA) is 47.3 Å². The highest BCUT2D eigenvalue weighted by Crippen LogP contribution is 2.21. The van der Waals surface area contributed by atoms with E-state index in [2.05, 4.69) is 5.32 Å². The summed E-state index contributed by atoms with van der Waals surface area (Å²) < 4.78 is 31.2. The van der Waals surface area contributed by atoms with Crippen LogP contribution in [0, 0.1) is 11.6 Å². The lowest BCUT2D eigenvalue weighted by molar-refractivity contribution is 0.386. The summed E-state index contributed by atoms with van der Waals surface area (Å²) in [4.78, 5) is 0. The second-order valence-corrected chi connectivity index (χ2v) is 4.05. The Hall–Kier alpha value is -2.30. The Labute approximate surface area is 110 Å². The number of methoxy groups -OCH3 is 1. The van der Waals surface area contributed by atoms with Crippen LogP contribution >= 0.6 is 0 Å². The minimum absolute atomic E-state index is 0.199. The first-order chi connectivity index (χ1) is 9.10. The summed E-state index contributed by atoms with van der Waals surface area (Å²) in [7, 11) is 1.41. The third kappa shape index (κ3) is 3.13. The van der Waals surface area contributed by atoms with Crippen LogP contribution in [0.1, 0.15) is 5.56 Å². The van der Waals surface area contributed by atoms with Gasteiger partial charge in [-0.3, -0.25) is 0 Å². The van der Waals surface area contributed by atoms with Gasteiger partial charge in [0, 0.05) is 6.54 Å². The van der Waals surface area contributed by atoms with E-state index in [1.807, 2.05) is 0 Å². The standard InChI is InChI=1S/C14H14F2N2O/c1-19-14-5-2-9(6-11(14)16)8-18-13-4-3-10(15)7-12(13)17/h2-7,18H,8,17H2,1H3. The fraction of sp³-hybridized carbons (Fsp3) is 0.143. The summed E-state index contributed by atoms with van der Waals surface area (Å²) in [5, 5.41) is 3.02. The maximum atomic E-state index is 13.5. The monoisotopic (exact) mass is 264 g/mol. The van der Waals surface area contributed by atoms with E-state index in [1.165, 1.54) is 25.3 Å². The third-order valence-electron chi connectivity index (χ3n) is 2.71. The number of benzene rings is 2. The van der Waals surface area contributed by atoms with Crippen LogP contribution in [0.25, 0.3) is 0 Å². The first kappa shape index (κ1) is 13.1. The molecule has 100 valence electrons. The smallest absolute Gasteiger partial charge is 0.165 e. The Morgan fingerprint density at radius 2 is 1.95 bits per heavy atom. The predicted molar refractivity (Wildman–Crippen MR) is 71.1 cm³/mol. The molecule has 0 heterocycles. The molecular weight excluding hydrogens is 250 g/mol. The van der Waals surface area contributed by atoms with Gasteiger partial charge in [-0.25, -0.2) is 8.78 Å². The van der Waals surface area contributed by atoms with Gasteiger partial charge in [0.15, 0.2) is 11.6 Å². The van der Waals surface area contributed by atoms with Crippen LogP contribution < -0.4 is 15.8 Å². The second kappa shape index (κ2) is 5.56. The maximum Gasteiger partial charge on any atom is 0.165 e. The van der Waals surface area contributed by atoms with Crippen molar-refractivity contribution in [1.29, 1.82) is 0 Å². The SMILES string of the molecule is COc1ccc(CNc2ccc(F)cc2N)cc1F. The Morgan fingerprint density at radius 1 is 1.16 bits per heavy atom. The van der Waals surface area contributed by atoms with Gasteiger partial charge in [0.1, 0.15) is 5.82 Å². The molecule has 0 saturated carbocycles. The van der Waals surface area contributed by atoms with Crippen LogP contribution in [0.5, 0.6) is 5.75 Å². The van der Waals surface area contributed by atoms with Crippen molar-refractivity contribution in [3.05, 3.63) is 53.6 Å². The molecule has 0 aliphatic rings. The van der Waals surface area contributed by atoms with Gasteiger partial charge in [0.25, 0.3) is 0 Å². The molecule has 0 fully saturated rings. The number of nitrogen functional groups attached to an aromatic ring is 1. The van der Waals surface area contributed by atoms with Gasteiger partial charge in [-0.2, -0.15) is 0 Å². The number of rotatable bonds is 4. The molecule has 3 nitrogen and oxygen atoms in total. The minimum Gasteiger partial charge on any atom is -0.494 e. The van der Waals surface area contributed by atoms with E-state index in [9.17, 15) is 8.78 Å². The van der Waals surface area contributed by atoms with Crippen molar-refractivity contribution in [2.24, 2.45) is 0 Å². The van der Waals surface area contributed by atoms with Crippen LogP contribution in [-0.4, -0.2) is 7.11 Å². The summed E-state index contributed by atoms with van der Waals surface area (Å²) in [6, 6.07) is 8.77. The lowest BCUT2D eigenvalue weighted by atomic mass is 10.2. The van der Waals surface area contributed by atoms with Crippen LogP contribution in [0.2, 0.25) is 0 Å². The molecule has 0 aliphatic heterocycles.